The molecule has 0 N–H and O–H groups in total. The smallest absolute Gasteiger partial charge is 0.237 e. The molecule has 0 spiro atoms. The summed E-state index contributed by atoms with van der Waals surface area (Å²) in [5.41, 5.74) is 4.49. The van der Waals surface area contributed by atoms with Crippen molar-refractivity contribution in [3.05, 3.63) is 65.5 Å². The first kappa shape index (κ1) is 17.8. The molecular formula is C21H22N4OS. The highest BCUT2D eigenvalue weighted by Crippen LogP contribution is 2.33. The summed E-state index contributed by atoms with van der Waals surface area (Å²) in [5, 5.41) is 9.23. The number of fused-ring (bicyclic) bond motifs is 1. The fourth-order valence-corrected chi connectivity index (χ4v) is 4.43. The van der Waals surface area contributed by atoms with Crippen molar-refractivity contribution >= 4 is 23.4 Å². The maximum Gasteiger partial charge on any atom is 0.237 e. The maximum atomic E-state index is 12.9. The van der Waals surface area contributed by atoms with Gasteiger partial charge in [-0.15, -0.1) is 10.2 Å². The van der Waals surface area contributed by atoms with Crippen LogP contribution in [0.3, 0.4) is 0 Å². The van der Waals surface area contributed by atoms with E-state index in [2.05, 4.69) is 54.4 Å². The summed E-state index contributed by atoms with van der Waals surface area (Å²) in [4.78, 5) is 14.9. The lowest BCUT2D eigenvalue weighted by Gasteiger charge is -2.22. The fourth-order valence-electron chi connectivity index (χ4n) is 3.57. The number of carbonyl (C=O) groups excluding carboxylic acids is 1. The highest BCUT2D eigenvalue weighted by molar-refractivity contribution is 7.99. The standard InChI is InChI=1S/C21H22N4OS/c1-14-8-10-18(11-9-14)25-16(3)22-23-21(25)27-13-20(26)24-15(2)12-17-6-4-5-7-19(17)24/h4-11,15H,12-13H2,1-3H3/t15-/m1/s1. The molecule has 0 aliphatic carbocycles. The van der Waals surface area contributed by atoms with Crippen LogP contribution in [0.25, 0.3) is 5.69 Å². The van der Waals surface area contributed by atoms with Gasteiger partial charge in [-0.25, -0.2) is 0 Å². The number of hydrogen-bond donors (Lipinski definition) is 0. The highest BCUT2D eigenvalue weighted by atomic mass is 32.2. The van der Waals surface area contributed by atoms with Gasteiger partial charge in [0.1, 0.15) is 5.82 Å². The first-order valence-electron chi connectivity index (χ1n) is 9.06. The summed E-state index contributed by atoms with van der Waals surface area (Å²) in [6.45, 7) is 6.09. The molecule has 1 aliphatic heterocycles. The third-order valence-corrected chi connectivity index (χ3v) is 5.80. The topological polar surface area (TPSA) is 51.0 Å². The monoisotopic (exact) mass is 378 g/mol. The van der Waals surface area contributed by atoms with Gasteiger partial charge in [0.2, 0.25) is 5.91 Å². The molecule has 2 aromatic carbocycles. The number of carbonyl (C=O) groups is 1. The number of hydrogen-bond acceptors (Lipinski definition) is 4. The zero-order valence-corrected chi connectivity index (χ0v) is 16.5. The summed E-state index contributed by atoms with van der Waals surface area (Å²) in [5.74, 6) is 1.25. The van der Waals surface area contributed by atoms with Crippen LogP contribution in [0.4, 0.5) is 5.69 Å². The summed E-state index contributed by atoms with van der Waals surface area (Å²) in [7, 11) is 0. The average Bonchev–Trinajstić information content (AvgIpc) is 3.19. The first-order valence-corrected chi connectivity index (χ1v) is 10.0. The number of rotatable bonds is 4. The van der Waals surface area contributed by atoms with E-state index >= 15 is 0 Å². The number of aromatic nitrogens is 3. The third-order valence-electron chi connectivity index (χ3n) is 4.89. The SMILES string of the molecule is Cc1ccc(-n2c(C)nnc2SCC(=O)N2c3ccccc3C[C@H]2C)cc1. The van der Waals surface area contributed by atoms with Crippen LogP contribution in [-0.2, 0) is 11.2 Å². The van der Waals surface area contributed by atoms with Crippen LogP contribution in [0.5, 0.6) is 0 Å². The van der Waals surface area contributed by atoms with Gasteiger partial charge >= 0.3 is 0 Å². The molecule has 1 aliphatic rings. The minimum Gasteiger partial charge on any atom is -0.308 e. The Labute approximate surface area is 163 Å². The second kappa shape index (κ2) is 7.19. The van der Waals surface area contributed by atoms with Gasteiger partial charge in [0, 0.05) is 17.4 Å². The van der Waals surface area contributed by atoms with Crippen LogP contribution in [-0.4, -0.2) is 32.5 Å². The number of thioether (sulfide) groups is 1. The Bertz CT molecular complexity index is 980. The number of amides is 1. The van der Waals surface area contributed by atoms with E-state index in [0.29, 0.717) is 5.75 Å². The molecule has 5 nitrogen and oxygen atoms in total. The lowest BCUT2D eigenvalue weighted by molar-refractivity contribution is -0.116. The van der Waals surface area contributed by atoms with Gasteiger partial charge in [0.25, 0.3) is 0 Å². The lowest BCUT2D eigenvalue weighted by Crippen LogP contribution is -2.37. The Morgan fingerprint density at radius 3 is 2.63 bits per heavy atom. The normalized spacial score (nSPS) is 15.8. The minimum atomic E-state index is 0.105. The number of nitrogens with zero attached hydrogens (tertiary/aromatic N) is 4. The number of benzene rings is 2. The van der Waals surface area contributed by atoms with Crippen molar-refractivity contribution in [2.45, 2.75) is 38.4 Å². The molecule has 1 aromatic heterocycles. The maximum absolute atomic E-state index is 12.9. The van der Waals surface area contributed by atoms with Crippen molar-refractivity contribution in [3.63, 3.8) is 0 Å². The molecule has 0 saturated heterocycles. The van der Waals surface area contributed by atoms with Crippen molar-refractivity contribution in [1.82, 2.24) is 14.8 Å². The van der Waals surface area contributed by atoms with E-state index in [4.69, 9.17) is 0 Å². The molecular weight excluding hydrogens is 356 g/mol. The Hall–Kier alpha value is -2.60. The van der Waals surface area contributed by atoms with E-state index in [9.17, 15) is 4.79 Å². The van der Waals surface area contributed by atoms with Gasteiger partial charge in [-0.05, 0) is 51.0 Å². The van der Waals surface area contributed by atoms with Gasteiger partial charge < -0.3 is 4.90 Å². The van der Waals surface area contributed by atoms with Crippen molar-refractivity contribution in [1.29, 1.82) is 0 Å². The van der Waals surface area contributed by atoms with Crippen molar-refractivity contribution < 1.29 is 4.79 Å². The average molecular weight is 379 g/mol. The number of para-hydroxylation sites is 1. The van der Waals surface area contributed by atoms with E-state index in [1.165, 1.54) is 22.9 Å². The van der Waals surface area contributed by atoms with E-state index in [0.717, 1.165) is 28.8 Å². The molecule has 0 bridgehead atoms. The lowest BCUT2D eigenvalue weighted by atomic mass is 10.1. The van der Waals surface area contributed by atoms with Gasteiger partial charge in [-0.3, -0.25) is 9.36 Å². The summed E-state index contributed by atoms with van der Waals surface area (Å²) < 4.78 is 2.00. The molecule has 6 heteroatoms. The minimum absolute atomic E-state index is 0.105. The zero-order valence-electron chi connectivity index (χ0n) is 15.7. The molecule has 3 aromatic rings. The van der Waals surface area contributed by atoms with Crippen molar-refractivity contribution in [2.24, 2.45) is 0 Å². The molecule has 0 fully saturated rings. The Morgan fingerprint density at radius 1 is 1.11 bits per heavy atom. The molecule has 1 atom stereocenters. The summed E-state index contributed by atoms with van der Waals surface area (Å²) >= 11 is 1.44. The second-order valence-electron chi connectivity index (χ2n) is 6.94. The van der Waals surface area contributed by atoms with E-state index in [1.807, 2.05) is 34.6 Å². The van der Waals surface area contributed by atoms with Crippen LogP contribution in [0.1, 0.15) is 23.9 Å². The van der Waals surface area contributed by atoms with E-state index in [-0.39, 0.29) is 11.9 Å². The van der Waals surface area contributed by atoms with Crippen LogP contribution in [0.15, 0.2) is 53.7 Å². The van der Waals surface area contributed by atoms with Crippen LogP contribution in [0, 0.1) is 13.8 Å². The van der Waals surface area contributed by atoms with Crippen molar-refractivity contribution in [3.8, 4) is 5.69 Å². The predicted molar refractivity (Wildman–Crippen MR) is 109 cm³/mol. The third kappa shape index (κ3) is 3.37. The highest BCUT2D eigenvalue weighted by Gasteiger charge is 2.30. The largest absolute Gasteiger partial charge is 0.308 e. The number of anilines is 1. The van der Waals surface area contributed by atoms with Gasteiger partial charge in [-0.1, -0.05) is 47.7 Å². The Balaban J connectivity index is 1.53. The van der Waals surface area contributed by atoms with Crippen LogP contribution in [0.2, 0.25) is 0 Å². The van der Waals surface area contributed by atoms with Crippen LogP contribution >= 0.6 is 11.8 Å². The molecule has 0 unspecified atom stereocenters. The second-order valence-corrected chi connectivity index (χ2v) is 7.88. The summed E-state index contributed by atoms with van der Waals surface area (Å²) in [6, 6.07) is 16.6. The van der Waals surface area contributed by atoms with Crippen molar-refractivity contribution in [2.75, 3.05) is 10.7 Å². The molecule has 27 heavy (non-hydrogen) atoms. The van der Waals surface area contributed by atoms with Gasteiger partial charge in [0.15, 0.2) is 5.16 Å². The predicted octanol–water partition coefficient (Wildman–Crippen LogP) is 3.95. The molecule has 1 amide bonds. The summed E-state index contributed by atoms with van der Waals surface area (Å²) in [6.07, 6.45) is 0.908. The Kier molecular flexibility index (Phi) is 4.74. The van der Waals surface area contributed by atoms with E-state index < -0.39 is 0 Å². The number of aryl methyl sites for hydroxylation is 2. The van der Waals surface area contributed by atoms with Crippen LogP contribution < -0.4 is 4.90 Å². The molecule has 2 heterocycles. The molecule has 0 saturated carbocycles. The van der Waals surface area contributed by atoms with Gasteiger partial charge in [0.05, 0.1) is 5.75 Å². The Morgan fingerprint density at radius 2 is 1.85 bits per heavy atom. The quantitative estimate of drug-likeness (QED) is 0.645. The molecule has 4 rings (SSSR count). The van der Waals surface area contributed by atoms with Gasteiger partial charge in [-0.2, -0.15) is 0 Å². The first-order chi connectivity index (χ1) is 13.0. The molecule has 138 valence electrons. The molecule has 0 radical (unpaired) electrons. The zero-order chi connectivity index (χ0) is 19.0. The fraction of sp³-hybridized carbons (Fsp3) is 0.286. The van der Waals surface area contributed by atoms with E-state index in [1.54, 1.807) is 0 Å².